The van der Waals surface area contributed by atoms with Crippen LogP contribution in [0.4, 0.5) is 5.95 Å². The van der Waals surface area contributed by atoms with Crippen LogP contribution >= 0.6 is 0 Å². The summed E-state index contributed by atoms with van der Waals surface area (Å²) in [4.78, 5) is 18.9. The Bertz CT molecular complexity index is 404. The van der Waals surface area contributed by atoms with E-state index in [4.69, 9.17) is 10.5 Å². The first-order valence-electron chi connectivity index (χ1n) is 5.04. The highest BCUT2D eigenvalue weighted by Crippen LogP contribution is 2.26. The van der Waals surface area contributed by atoms with Gasteiger partial charge in [0.15, 0.2) is 0 Å². The molecule has 3 N–H and O–H groups in total. The second-order valence-corrected chi connectivity index (χ2v) is 4.29. The molecule has 1 aliphatic heterocycles. The summed E-state index contributed by atoms with van der Waals surface area (Å²) in [5.74, 6) is -0.131. The van der Waals surface area contributed by atoms with E-state index in [1.54, 1.807) is 0 Å². The molecule has 0 atom stereocenters. The van der Waals surface area contributed by atoms with Gasteiger partial charge in [0.25, 0.3) is 5.91 Å². The molecule has 0 aliphatic carbocycles. The van der Waals surface area contributed by atoms with E-state index in [1.807, 2.05) is 0 Å². The zero-order valence-electron chi connectivity index (χ0n) is 9.06. The van der Waals surface area contributed by atoms with Gasteiger partial charge in [0.1, 0.15) is 5.69 Å². The lowest BCUT2D eigenvalue weighted by Gasteiger charge is -2.37. The summed E-state index contributed by atoms with van der Waals surface area (Å²) in [5.41, 5.74) is 5.47. The fourth-order valence-corrected chi connectivity index (χ4v) is 1.43. The van der Waals surface area contributed by atoms with Crippen LogP contribution in [0.3, 0.4) is 0 Å². The van der Waals surface area contributed by atoms with Crippen molar-refractivity contribution in [2.75, 3.05) is 25.1 Å². The van der Waals surface area contributed by atoms with Gasteiger partial charge in [-0.05, 0) is 6.07 Å². The van der Waals surface area contributed by atoms with Crippen molar-refractivity contribution in [3.63, 3.8) is 0 Å². The van der Waals surface area contributed by atoms with Crippen LogP contribution in [0.5, 0.6) is 0 Å². The number of aromatic nitrogens is 2. The summed E-state index contributed by atoms with van der Waals surface area (Å²) in [6.45, 7) is 4.29. The van der Waals surface area contributed by atoms with E-state index in [9.17, 15) is 4.79 Å². The van der Waals surface area contributed by atoms with E-state index in [0.29, 0.717) is 5.95 Å². The van der Waals surface area contributed by atoms with Gasteiger partial charge in [0.05, 0.1) is 13.2 Å². The molecule has 0 saturated carbocycles. The first kappa shape index (κ1) is 10.8. The molecule has 1 aliphatic rings. The number of carbonyl (C=O) groups excluding carboxylic acids is 1. The number of nitrogens with zero attached hydrogens (tertiary/aromatic N) is 2. The van der Waals surface area contributed by atoms with Gasteiger partial charge in [-0.1, -0.05) is 6.92 Å². The molecule has 1 aromatic rings. The van der Waals surface area contributed by atoms with Gasteiger partial charge in [0, 0.05) is 18.2 Å². The van der Waals surface area contributed by atoms with Crippen molar-refractivity contribution in [2.24, 2.45) is 11.1 Å². The summed E-state index contributed by atoms with van der Waals surface area (Å²) >= 11 is 0. The predicted molar refractivity (Wildman–Crippen MR) is 58.0 cm³/mol. The average Bonchev–Trinajstić information content (AvgIpc) is 2.24. The Balaban J connectivity index is 1.98. The first-order chi connectivity index (χ1) is 7.59. The van der Waals surface area contributed by atoms with E-state index >= 15 is 0 Å². The highest BCUT2D eigenvalue weighted by Gasteiger charge is 2.33. The fourth-order valence-electron chi connectivity index (χ4n) is 1.43. The maximum atomic E-state index is 10.9. The molecule has 2 heterocycles. The summed E-state index contributed by atoms with van der Waals surface area (Å²) in [5, 5.41) is 3.07. The number of nitrogens with one attached hydrogen (secondary N) is 1. The molecule has 1 fully saturated rings. The van der Waals surface area contributed by atoms with Gasteiger partial charge >= 0.3 is 0 Å². The van der Waals surface area contributed by atoms with Crippen molar-refractivity contribution in [1.29, 1.82) is 0 Å². The lowest BCUT2D eigenvalue weighted by molar-refractivity contribution is -0.0925. The first-order valence-corrected chi connectivity index (χ1v) is 5.04. The second kappa shape index (κ2) is 4.05. The Kier molecular flexibility index (Phi) is 2.74. The largest absolute Gasteiger partial charge is 0.380 e. The van der Waals surface area contributed by atoms with Crippen LogP contribution in [0.25, 0.3) is 0 Å². The Morgan fingerprint density at radius 3 is 3.00 bits per heavy atom. The van der Waals surface area contributed by atoms with E-state index < -0.39 is 5.91 Å². The third kappa shape index (κ3) is 2.27. The number of amides is 1. The molecule has 6 nitrogen and oxygen atoms in total. The molecule has 0 bridgehead atoms. The van der Waals surface area contributed by atoms with Crippen molar-refractivity contribution in [3.8, 4) is 0 Å². The average molecular weight is 222 g/mol. The van der Waals surface area contributed by atoms with Crippen molar-refractivity contribution >= 4 is 11.9 Å². The monoisotopic (exact) mass is 222 g/mol. The second-order valence-electron chi connectivity index (χ2n) is 4.29. The third-order valence-electron chi connectivity index (χ3n) is 2.48. The Labute approximate surface area is 93.2 Å². The molecular formula is C10H14N4O2. The molecule has 16 heavy (non-hydrogen) atoms. The zero-order valence-corrected chi connectivity index (χ0v) is 9.06. The van der Waals surface area contributed by atoms with Crippen LogP contribution in [-0.2, 0) is 4.74 Å². The summed E-state index contributed by atoms with van der Waals surface area (Å²) in [6, 6.07) is 1.49. The molecule has 6 heteroatoms. The van der Waals surface area contributed by atoms with Gasteiger partial charge in [-0.3, -0.25) is 4.79 Å². The standard InChI is InChI=1S/C10H14N4O2/c1-10(5-16-6-10)4-13-9-12-3-2-7(14-9)8(11)15/h2-3H,4-6H2,1H3,(H2,11,15)(H,12,13,14). The van der Waals surface area contributed by atoms with Gasteiger partial charge in [-0.25, -0.2) is 9.97 Å². The van der Waals surface area contributed by atoms with E-state index in [2.05, 4.69) is 22.2 Å². The fraction of sp³-hybridized carbons (Fsp3) is 0.500. The van der Waals surface area contributed by atoms with Gasteiger partial charge in [-0.15, -0.1) is 0 Å². The number of anilines is 1. The smallest absolute Gasteiger partial charge is 0.267 e. The number of nitrogens with two attached hydrogens (primary N) is 1. The number of hydrogen-bond donors (Lipinski definition) is 2. The highest BCUT2D eigenvalue weighted by molar-refractivity contribution is 5.90. The van der Waals surface area contributed by atoms with Crippen molar-refractivity contribution in [2.45, 2.75) is 6.92 Å². The quantitative estimate of drug-likeness (QED) is 0.749. The lowest BCUT2D eigenvalue weighted by Crippen LogP contribution is -2.45. The van der Waals surface area contributed by atoms with Crippen LogP contribution < -0.4 is 11.1 Å². The van der Waals surface area contributed by atoms with Crippen LogP contribution in [0.1, 0.15) is 17.4 Å². The number of rotatable bonds is 4. The number of hydrogen-bond acceptors (Lipinski definition) is 5. The molecule has 1 amide bonds. The highest BCUT2D eigenvalue weighted by atomic mass is 16.5. The van der Waals surface area contributed by atoms with Crippen LogP contribution in [0.2, 0.25) is 0 Å². The Morgan fingerprint density at radius 2 is 2.44 bits per heavy atom. The normalized spacial score (nSPS) is 17.6. The van der Waals surface area contributed by atoms with E-state index in [0.717, 1.165) is 19.8 Å². The predicted octanol–water partition coefficient (Wildman–Crippen LogP) is 0.0239. The minimum Gasteiger partial charge on any atom is -0.380 e. The minimum atomic E-state index is -0.552. The topological polar surface area (TPSA) is 90.1 Å². The van der Waals surface area contributed by atoms with Crippen molar-refractivity contribution in [1.82, 2.24) is 9.97 Å². The molecule has 1 aromatic heterocycles. The number of ether oxygens (including phenoxy) is 1. The molecule has 86 valence electrons. The van der Waals surface area contributed by atoms with Crippen molar-refractivity contribution in [3.05, 3.63) is 18.0 Å². The minimum absolute atomic E-state index is 0.131. The SMILES string of the molecule is CC1(CNc2nccc(C(N)=O)n2)COC1. The van der Waals surface area contributed by atoms with Crippen LogP contribution in [0.15, 0.2) is 12.3 Å². The molecule has 0 unspecified atom stereocenters. The number of carbonyl (C=O) groups is 1. The van der Waals surface area contributed by atoms with Crippen LogP contribution in [-0.4, -0.2) is 35.6 Å². The van der Waals surface area contributed by atoms with Gasteiger partial charge in [-0.2, -0.15) is 0 Å². The maximum absolute atomic E-state index is 10.9. The molecule has 0 spiro atoms. The zero-order chi connectivity index (χ0) is 11.6. The summed E-state index contributed by atoms with van der Waals surface area (Å²) < 4.78 is 5.13. The molecule has 1 saturated heterocycles. The van der Waals surface area contributed by atoms with Gasteiger partial charge in [0.2, 0.25) is 5.95 Å². The number of primary amides is 1. The third-order valence-corrected chi connectivity index (χ3v) is 2.48. The van der Waals surface area contributed by atoms with Gasteiger partial charge < -0.3 is 15.8 Å². The summed E-state index contributed by atoms with van der Waals surface area (Å²) in [6.07, 6.45) is 1.51. The van der Waals surface area contributed by atoms with Crippen LogP contribution in [0, 0.1) is 5.41 Å². The molecular weight excluding hydrogens is 208 g/mol. The van der Waals surface area contributed by atoms with Crippen molar-refractivity contribution < 1.29 is 9.53 Å². The maximum Gasteiger partial charge on any atom is 0.267 e. The molecule has 2 rings (SSSR count). The Hall–Kier alpha value is -1.69. The Morgan fingerprint density at radius 1 is 1.69 bits per heavy atom. The van der Waals surface area contributed by atoms with E-state index in [-0.39, 0.29) is 11.1 Å². The van der Waals surface area contributed by atoms with E-state index in [1.165, 1.54) is 12.3 Å². The molecule has 0 aromatic carbocycles. The lowest BCUT2D eigenvalue weighted by atomic mass is 9.89. The summed E-state index contributed by atoms with van der Waals surface area (Å²) in [7, 11) is 0. The molecule has 0 radical (unpaired) electrons.